The van der Waals surface area contributed by atoms with Gasteiger partial charge in [0, 0.05) is 23.2 Å². The summed E-state index contributed by atoms with van der Waals surface area (Å²) in [6, 6.07) is 15.3. The van der Waals surface area contributed by atoms with E-state index in [1.807, 2.05) is 30.3 Å². The normalized spacial score (nSPS) is 19.2. The first-order valence-corrected chi connectivity index (χ1v) is 9.04. The average molecular weight is 416 g/mol. The summed E-state index contributed by atoms with van der Waals surface area (Å²) >= 11 is 3.37. The Labute approximate surface area is 159 Å². The molecule has 2 aromatic rings. The van der Waals surface area contributed by atoms with Gasteiger partial charge in [-0.15, -0.1) is 0 Å². The SMILES string of the molecule is O=C1C(=O)N(CCCO)C(c2ccc(Br)cc2)/C1=C(\O)c1ccccc1. The fourth-order valence-corrected chi connectivity index (χ4v) is 3.36. The van der Waals surface area contributed by atoms with Gasteiger partial charge in [-0.2, -0.15) is 0 Å². The molecule has 0 aromatic heterocycles. The predicted molar refractivity (Wildman–Crippen MR) is 101 cm³/mol. The highest BCUT2D eigenvalue weighted by atomic mass is 79.9. The number of amides is 1. The van der Waals surface area contributed by atoms with E-state index in [0.717, 1.165) is 10.0 Å². The van der Waals surface area contributed by atoms with Crippen molar-refractivity contribution >= 4 is 33.4 Å². The van der Waals surface area contributed by atoms with Crippen LogP contribution >= 0.6 is 15.9 Å². The molecule has 0 radical (unpaired) electrons. The molecular formula is C20H18BrNO4. The quantitative estimate of drug-likeness (QED) is 0.446. The lowest BCUT2D eigenvalue weighted by Crippen LogP contribution is -2.31. The van der Waals surface area contributed by atoms with Gasteiger partial charge in [0.15, 0.2) is 0 Å². The van der Waals surface area contributed by atoms with Crippen molar-refractivity contribution < 1.29 is 19.8 Å². The van der Waals surface area contributed by atoms with Crippen LogP contribution in [0, 0.1) is 0 Å². The molecule has 2 aromatic carbocycles. The van der Waals surface area contributed by atoms with Gasteiger partial charge in [-0.05, 0) is 24.1 Å². The van der Waals surface area contributed by atoms with Gasteiger partial charge in [-0.3, -0.25) is 9.59 Å². The maximum absolute atomic E-state index is 12.7. The van der Waals surface area contributed by atoms with Gasteiger partial charge in [-0.1, -0.05) is 58.4 Å². The van der Waals surface area contributed by atoms with E-state index < -0.39 is 17.7 Å². The van der Waals surface area contributed by atoms with Gasteiger partial charge < -0.3 is 15.1 Å². The number of nitrogens with zero attached hydrogens (tertiary/aromatic N) is 1. The van der Waals surface area contributed by atoms with Crippen molar-refractivity contribution in [3.8, 4) is 0 Å². The van der Waals surface area contributed by atoms with Crippen LogP contribution in [0.3, 0.4) is 0 Å². The Kier molecular flexibility index (Phi) is 5.54. The summed E-state index contributed by atoms with van der Waals surface area (Å²) in [6.45, 7) is 0.141. The number of aliphatic hydroxyl groups is 2. The number of hydrogen-bond donors (Lipinski definition) is 2. The van der Waals surface area contributed by atoms with Crippen LogP contribution in [0.15, 0.2) is 64.6 Å². The van der Waals surface area contributed by atoms with Gasteiger partial charge in [0.2, 0.25) is 0 Å². The smallest absolute Gasteiger partial charge is 0.295 e. The number of carbonyl (C=O) groups is 2. The number of rotatable bonds is 5. The number of aliphatic hydroxyl groups excluding tert-OH is 2. The highest BCUT2D eigenvalue weighted by Gasteiger charge is 2.45. The maximum atomic E-state index is 12.7. The van der Waals surface area contributed by atoms with E-state index >= 15 is 0 Å². The van der Waals surface area contributed by atoms with Crippen LogP contribution in [0.5, 0.6) is 0 Å². The lowest BCUT2D eigenvalue weighted by molar-refractivity contribution is -0.140. The molecule has 0 spiro atoms. The maximum Gasteiger partial charge on any atom is 0.295 e. The molecule has 1 saturated heterocycles. The Morgan fingerprint density at radius 1 is 1.04 bits per heavy atom. The van der Waals surface area contributed by atoms with Gasteiger partial charge in [-0.25, -0.2) is 0 Å². The minimum Gasteiger partial charge on any atom is -0.507 e. The molecule has 1 amide bonds. The first kappa shape index (κ1) is 18.4. The minimum atomic E-state index is -0.711. The van der Waals surface area contributed by atoms with E-state index in [1.54, 1.807) is 24.3 Å². The summed E-state index contributed by atoms with van der Waals surface area (Å²) in [6.07, 6.45) is 0.353. The summed E-state index contributed by atoms with van der Waals surface area (Å²) < 4.78 is 0.872. The Hall–Kier alpha value is -2.44. The molecule has 0 bridgehead atoms. The summed E-state index contributed by atoms with van der Waals surface area (Å²) in [5.74, 6) is -1.57. The number of hydrogen-bond acceptors (Lipinski definition) is 4. The van der Waals surface area contributed by atoms with Crippen molar-refractivity contribution in [2.24, 2.45) is 0 Å². The number of ketones is 1. The van der Waals surface area contributed by atoms with Crippen molar-refractivity contribution in [3.05, 3.63) is 75.8 Å². The number of benzene rings is 2. The Morgan fingerprint density at radius 2 is 1.69 bits per heavy atom. The minimum absolute atomic E-state index is 0.0708. The Bertz CT molecular complexity index is 846. The molecule has 0 saturated carbocycles. The number of Topliss-reactive ketones (excluding diaryl/α,β-unsaturated/α-hetero) is 1. The third-order valence-corrected chi connectivity index (χ3v) is 4.86. The zero-order valence-electron chi connectivity index (χ0n) is 13.9. The van der Waals surface area contributed by atoms with Crippen molar-refractivity contribution in [1.82, 2.24) is 4.90 Å². The molecule has 134 valence electrons. The lowest BCUT2D eigenvalue weighted by atomic mass is 9.95. The molecule has 1 fully saturated rings. The monoisotopic (exact) mass is 415 g/mol. The molecule has 1 aliphatic heterocycles. The second-order valence-corrected chi connectivity index (χ2v) is 6.90. The van der Waals surface area contributed by atoms with Gasteiger partial charge in [0.25, 0.3) is 11.7 Å². The van der Waals surface area contributed by atoms with Crippen LogP contribution in [0.1, 0.15) is 23.6 Å². The predicted octanol–water partition coefficient (Wildman–Crippen LogP) is 3.25. The van der Waals surface area contributed by atoms with Crippen molar-refractivity contribution in [3.63, 3.8) is 0 Å². The number of carbonyl (C=O) groups excluding carboxylic acids is 2. The second kappa shape index (κ2) is 7.85. The molecule has 2 N–H and O–H groups in total. The van der Waals surface area contributed by atoms with E-state index in [2.05, 4.69) is 15.9 Å². The van der Waals surface area contributed by atoms with E-state index in [0.29, 0.717) is 12.0 Å². The lowest BCUT2D eigenvalue weighted by Gasteiger charge is -2.25. The molecular weight excluding hydrogens is 398 g/mol. The fourth-order valence-electron chi connectivity index (χ4n) is 3.09. The zero-order valence-corrected chi connectivity index (χ0v) is 15.5. The Balaban J connectivity index is 2.15. The molecule has 6 heteroatoms. The van der Waals surface area contributed by atoms with Crippen LogP contribution in [0.25, 0.3) is 5.76 Å². The molecule has 3 rings (SSSR count). The van der Waals surface area contributed by atoms with Crippen LogP contribution in [-0.2, 0) is 9.59 Å². The average Bonchev–Trinajstić information content (AvgIpc) is 2.91. The highest BCUT2D eigenvalue weighted by molar-refractivity contribution is 9.10. The van der Waals surface area contributed by atoms with E-state index in [4.69, 9.17) is 5.11 Å². The van der Waals surface area contributed by atoms with E-state index in [-0.39, 0.29) is 24.5 Å². The molecule has 1 atom stereocenters. The largest absolute Gasteiger partial charge is 0.507 e. The fraction of sp³-hybridized carbons (Fsp3) is 0.200. The standard InChI is InChI=1S/C20H18BrNO4/c21-15-9-7-13(8-10-15)17-16(18(24)14-5-2-1-3-6-14)19(25)20(26)22(17)11-4-12-23/h1-3,5-10,17,23-24H,4,11-12H2/b18-16+. The number of likely N-dealkylation sites (tertiary alicyclic amines) is 1. The van der Waals surface area contributed by atoms with Gasteiger partial charge in [0.05, 0.1) is 11.6 Å². The summed E-state index contributed by atoms with van der Waals surface area (Å²) in [5, 5.41) is 19.9. The summed E-state index contributed by atoms with van der Waals surface area (Å²) in [7, 11) is 0. The van der Waals surface area contributed by atoms with Gasteiger partial charge >= 0.3 is 0 Å². The number of halogens is 1. The summed E-state index contributed by atoms with van der Waals surface area (Å²) in [4.78, 5) is 26.6. The Morgan fingerprint density at radius 3 is 2.31 bits per heavy atom. The third kappa shape index (κ3) is 3.43. The van der Waals surface area contributed by atoms with E-state index in [1.165, 1.54) is 4.90 Å². The van der Waals surface area contributed by atoms with Gasteiger partial charge in [0.1, 0.15) is 5.76 Å². The summed E-state index contributed by atoms with van der Waals surface area (Å²) in [5.41, 5.74) is 1.28. The molecule has 1 unspecified atom stereocenters. The van der Waals surface area contributed by atoms with Crippen molar-refractivity contribution in [2.45, 2.75) is 12.5 Å². The van der Waals surface area contributed by atoms with Crippen LogP contribution in [0.2, 0.25) is 0 Å². The van der Waals surface area contributed by atoms with Crippen LogP contribution in [-0.4, -0.2) is 40.0 Å². The first-order valence-electron chi connectivity index (χ1n) is 8.24. The molecule has 0 aliphatic carbocycles. The first-order chi connectivity index (χ1) is 12.5. The topological polar surface area (TPSA) is 77.8 Å². The zero-order chi connectivity index (χ0) is 18.7. The highest BCUT2D eigenvalue weighted by Crippen LogP contribution is 2.39. The third-order valence-electron chi connectivity index (χ3n) is 4.33. The molecule has 1 heterocycles. The molecule has 5 nitrogen and oxygen atoms in total. The molecule has 26 heavy (non-hydrogen) atoms. The van der Waals surface area contributed by atoms with Crippen molar-refractivity contribution in [1.29, 1.82) is 0 Å². The van der Waals surface area contributed by atoms with Crippen molar-refractivity contribution in [2.75, 3.05) is 13.2 Å². The van der Waals surface area contributed by atoms with Crippen LogP contribution in [0.4, 0.5) is 0 Å². The van der Waals surface area contributed by atoms with Crippen LogP contribution < -0.4 is 0 Å². The van der Waals surface area contributed by atoms with E-state index in [9.17, 15) is 14.7 Å². The molecule has 1 aliphatic rings. The second-order valence-electron chi connectivity index (χ2n) is 5.99.